The number of carbonyl (C=O) groups excluding carboxylic acids is 1. The minimum atomic E-state index is -0.0959. The molecule has 0 radical (unpaired) electrons. The van der Waals surface area contributed by atoms with Gasteiger partial charge in [-0.05, 0) is 31.0 Å². The fourth-order valence-corrected chi connectivity index (χ4v) is 2.75. The molecule has 0 bridgehead atoms. The lowest BCUT2D eigenvalue weighted by Crippen LogP contribution is -2.43. The number of hydrogen-bond acceptors (Lipinski definition) is 3. The smallest absolute Gasteiger partial charge is 0.225 e. The van der Waals surface area contributed by atoms with Crippen molar-refractivity contribution < 1.29 is 9.90 Å². The number of hydrogen-bond donors (Lipinski definition) is 2. The van der Waals surface area contributed by atoms with Gasteiger partial charge in [-0.15, -0.1) is 0 Å². The van der Waals surface area contributed by atoms with E-state index in [1.54, 1.807) is 18.2 Å². The summed E-state index contributed by atoms with van der Waals surface area (Å²) in [5.74, 6) is -0.0959. The minimum absolute atomic E-state index is 0.0959. The molecular formula is C15H20Cl2N2O2. The highest BCUT2D eigenvalue weighted by molar-refractivity contribution is 6.35. The Morgan fingerprint density at radius 2 is 2.10 bits per heavy atom. The summed E-state index contributed by atoms with van der Waals surface area (Å²) in [4.78, 5) is 14.2. The van der Waals surface area contributed by atoms with Gasteiger partial charge in [0, 0.05) is 30.6 Å². The van der Waals surface area contributed by atoms with Crippen LogP contribution in [-0.2, 0) is 4.79 Å². The molecule has 1 aliphatic carbocycles. The lowest BCUT2D eigenvalue weighted by Gasteiger charge is -2.37. The molecule has 4 nitrogen and oxygen atoms in total. The van der Waals surface area contributed by atoms with Crippen molar-refractivity contribution in [1.29, 1.82) is 0 Å². The Bertz CT molecular complexity index is 493. The van der Waals surface area contributed by atoms with E-state index in [1.807, 2.05) is 0 Å². The van der Waals surface area contributed by atoms with Gasteiger partial charge in [0.15, 0.2) is 0 Å². The number of halogens is 2. The number of rotatable bonds is 7. The molecule has 21 heavy (non-hydrogen) atoms. The zero-order chi connectivity index (χ0) is 15.2. The number of nitrogens with one attached hydrogen (secondary N) is 1. The van der Waals surface area contributed by atoms with Gasteiger partial charge in [0.2, 0.25) is 5.91 Å². The average Bonchev–Trinajstić information content (AvgIpc) is 2.38. The maximum atomic E-state index is 12.0. The van der Waals surface area contributed by atoms with Crippen LogP contribution in [0.15, 0.2) is 18.2 Å². The van der Waals surface area contributed by atoms with Crippen LogP contribution in [0.3, 0.4) is 0 Å². The van der Waals surface area contributed by atoms with Crippen LogP contribution < -0.4 is 5.32 Å². The summed E-state index contributed by atoms with van der Waals surface area (Å²) in [6.07, 6.45) is 3.92. The zero-order valence-corrected chi connectivity index (χ0v) is 13.3. The summed E-state index contributed by atoms with van der Waals surface area (Å²) in [7, 11) is 0. The van der Waals surface area contributed by atoms with Crippen molar-refractivity contribution in [2.45, 2.75) is 31.7 Å². The van der Waals surface area contributed by atoms with Gasteiger partial charge in [0.1, 0.15) is 0 Å². The molecule has 0 saturated heterocycles. The van der Waals surface area contributed by atoms with Gasteiger partial charge in [-0.25, -0.2) is 0 Å². The first-order valence-electron chi connectivity index (χ1n) is 7.20. The number of aliphatic hydroxyl groups is 1. The molecule has 0 unspecified atom stereocenters. The number of carbonyl (C=O) groups is 1. The number of benzene rings is 1. The number of aliphatic hydroxyl groups excluding tert-OH is 1. The van der Waals surface area contributed by atoms with Crippen LogP contribution in [0.5, 0.6) is 0 Å². The third-order valence-corrected chi connectivity index (χ3v) is 4.37. The molecular weight excluding hydrogens is 311 g/mol. The van der Waals surface area contributed by atoms with Gasteiger partial charge in [0.05, 0.1) is 17.3 Å². The molecule has 0 spiro atoms. The molecule has 0 aromatic heterocycles. The van der Waals surface area contributed by atoms with Crippen LogP contribution in [0.2, 0.25) is 10.0 Å². The first kappa shape index (κ1) is 16.6. The monoisotopic (exact) mass is 330 g/mol. The van der Waals surface area contributed by atoms with Crippen molar-refractivity contribution >= 4 is 34.8 Å². The summed E-state index contributed by atoms with van der Waals surface area (Å²) in [6, 6.07) is 5.49. The first-order valence-corrected chi connectivity index (χ1v) is 7.95. The lowest BCUT2D eigenvalue weighted by atomic mass is 9.91. The summed E-state index contributed by atoms with van der Waals surface area (Å²) < 4.78 is 0. The van der Waals surface area contributed by atoms with Gasteiger partial charge >= 0.3 is 0 Å². The second-order valence-corrected chi connectivity index (χ2v) is 6.11. The summed E-state index contributed by atoms with van der Waals surface area (Å²) in [6.45, 7) is 1.39. The van der Waals surface area contributed by atoms with Crippen LogP contribution in [0.25, 0.3) is 0 Å². The lowest BCUT2D eigenvalue weighted by molar-refractivity contribution is -0.116. The summed E-state index contributed by atoms with van der Waals surface area (Å²) in [5, 5.41) is 12.9. The molecule has 1 saturated carbocycles. The molecule has 1 amide bonds. The van der Waals surface area contributed by atoms with Crippen LogP contribution in [0, 0.1) is 0 Å². The highest BCUT2D eigenvalue weighted by atomic mass is 35.5. The Morgan fingerprint density at radius 3 is 2.71 bits per heavy atom. The SMILES string of the molecule is O=C(CCN(CCO)C1CCC1)Nc1cc(Cl)ccc1Cl. The minimum Gasteiger partial charge on any atom is -0.395 e. The van der Waals surface area contributed by atoms with Crippen LogP contribution in [-0.4, -0.2) is 41.7 Å². The van der Waals surface area contributed by atoms with E-state index in [-0.39, 0.29) is 12.5 Å². The van der Waals surface area contributed by atoms with Crippen molar-refractivity contribution in [3.63, 3.8) is 0 Å². The van der Waals surface area contributed by atoms with E-state index in [1.165, 1.54) is 6.42 Å². The highest BCUT2D eigenvalue weighted by Crippen LogP contribution is 2.26. The molecule has 1 aromatic carbocycles. The van der Waals surface area contributed by atoms with E-state index in [0.717, 1.165) is 12.8 Å². The first-order chi connectivity index (χ1) is 10.1. The molecule has 1 aliphatic rings. The van der Waals surface area contributed by atoms with Gasteiger partial charge in [-0.3, -0.25) is 9.69 Å². The average molecular weight is 331 g/mol. The summed E-state index contributed by atoms with van der Waals surface area (Å²) >= 11 is 11.9. The number of nitrogens with zero attached hydrogens (tertiary/aromatic N) is 1. The largest absolute Gasteiger partial charge is 0.395 e. The van der Waals surface area contributed by atoms with E-state index >= 15 is 0 Å². The topological polar surface area (TPSA) is 52.6 Å². The predicted molar refractivity (Wildman–Crippen MR) is 86.0 cm³/mol. The van der Waals surface area contributed by atoms with Gasteiger partial charge < -0.3 is 10.4 Å². The highest BCUT2D eigenvalue weighted by Gasteiger charge is 2.24. The molecule has 6 heteroatoms. The van der Waals surface area contributed by atoms with E-state index < -0.39 is 0 Å². The normalized spacial score (nSPS) is 15.0. The fourth-order valence-electron chi connectivity index (χ4n) is 2.41. The molecule has 2 rings (SSSR count). The molecule has 2 N–H and O–H groups in total. The van der Waals surface area contributed by atoms with Crippen molar-refractivity contribution in [3.05, 3.63) is 28.2 Å². The number of amides is 1. The summed E-state index contributed by atoms with van der Waals surface area (Å²) in [5.41, 5.74) is 0.534. The standard InChI is InChI=1S/C15H20Cl2N2O2/c16-11-4-5-13(17)14(10-11)18-15(21)6-7-19(8-9-20)12-2-1-3-12/h4-5,10,12,20H,1-3,6-9H2,(H,18,21). The van der Waals surface area contributed by atoms with E-state index in [2.05, 4.69) is 10.2 Å². The molecule has 1 fully saturated rings. The predicted octanol–water partition coefficient (Wildman–Crippen LogP) is 3.17. The van der Waals surface area contributed by atoms with Crippen LogP contribution in [0.4, 0.5) is 5.69 Å². The fraction of sp³-hybridized carbons (Fsp3) is 0.533. The van der Waals surface area contributed by atoms with Crippen molar-refractivity contribution in [2.24, 2.45) is 0 Å². The molecule has 0 atom stereocenters. The van der Waals surface area contributed by atoms with Gasteiger partial charge in [0.25, 0.3) is 0 Å². The van der Waals surface area contributed by atoms with E-state index in [4.69, 9.17) is 28.3 Å². The number of anilines is 1. The Morgan fingerprint density at radius 1 is 1.33 bits per heavy atom. The second-order valence-electron chi connectivity index (χ2n) is 5.27. The molecule has 0 heterocycles. The van der Waals surface area contributed by atoms with E-state index in [9.17, 15) is 4.79 Å². The quantitative estimate of drug-likeness (QED) is 0.807. The molecule has 0 aliphatic heterocycles. The Hall–Kier alpha value is -0.810. The third-order valence-electron chi connectivity index (χ3n) is 3.81. The van der Waals surface area contributed by atoms with E-state index in [0.29, 0.717) is 41.3 Å². The third kappa shape index (κ3) is 4.85. The Kier molecular flexibility index (Phi) is 6.30. The molecule has 116 valence electrons. The van der Waals surface area contributed by atoms with Gasteiger partial charge in [-0.2, -0.15) is 0 Å². The van der Waals surface area contributed by atoms with Gasteiger partial charge in [-0.1, -0.05) is 29.6 Å². The van der Waals surface area contributed by atoms with Crippen LogP contribution >= 0.6 is 23.2 Å². The zero-order valence-electron chi connectivity index (χ0n) is 11.8. The van der Waals surface area contributed by atoms with Crippen molar-refractivity contribution in [3.8, 4) is 0 Å². The van der Waals surface area contributed by atoms with Crippen molar-refractivity contribution in [1.82, 2.24) is 4.90 Å². The maximum absolute atomic E-state index is 12.0. The Labute approximate surface area is 135 Å². The van der Waals surface area contributed by atoms with Crippen molar-refractivity contribution in [2.75, 3.05) is 25.0 Å². The Balaban J connectivity index is 1.84. The maximum Gasteiger partial charge on any atom is 0.225 e. The molecule has 1 aromatic rings. The van der Waals surface area contributed by atoms with Crippen LogP contribution in [0.1, 0.15) is 25.7 Å². The second kappa shape index (κ2) is 7.99.